The molecule has 194 valence electrons. The molecule has 3 rings (SSSR count). The predicted octanol–water partition coefficient (Wildman–Crippen LogP) is 2.83. The molecule has 36 heavy (non-hydrogen) atoms. The number of ether oxygens (including phenoxy) is 1. The van der Waals surface area contributed by atoms with Crippen LogP contribution in [-0.4, -0.2) is 65.7 Å². The van der Waals surface area contributed by atoms with E-state index in [1.165, 1.54) is 29.2 Å². The third kappa shape index (κ3) is 6.05. The van der Waals surface area contributed by atoms with Gasteiger partial charge in [0, 0.05) is 25.6 Å². The van der Waals surface area contributed by atoms with E-state index in [0.717, 1.165) is 16.4 Å². The number of piperazine rings is 1. The Morgan fingerprint density at radius 2 is 1.86 bits per heavy atom. The lowest BCUT2D eigenvalue weighted by molar-refractivity contribution is -0.387. The summed E-state index contributed by atoms with van der Waals surface area (Å²) in [6.07, 6.45) is -0.163. The molecule has 12 heteroatoms. The van der Waals surface area contributed by atoms with Gasteiger partial charge in [0.2, 0.25) is 15.9 Å². The molecule has 0 spiro atoms. The second-order valence-electron chi connectivity index (χ2n) is 9.50. The average molecular weight is 522 g/mol. The highest BCUT2D eigenvalue weighted by Gasteiger charge is 2.41. The Bertz CT molecular complexity index is 1290. The van der Waals surface area contributed by atoms with E-state index in [-0.39, 0.29) is 25.1 Å². The molecule has 0 N–H and O–H groups in total. The number of rotatable bonds is 7. The summed E-state index contributed by atoms with van der Waals surface area (Å²) < 4.78 is 47.2. The lowest BCUT2D eigenvalue weighted by atomic mass is 10.0. The van der Waals surface area contributed by atoms with Crippen molar-refractivity contribution in [2.24, 2.45) is 0 Å². The number of hydrogen-bond donors (Lipinski definition) is 0. The smallest absolute Gasteiger partial charge is 0.329 e. The van der Waals surface area contributed by atoms with Crippen LogP contribution in [0.15, 0.2) is 47.4 Å². The van der Waals surface area contributed by atoms with Crippen LogP contribution >= 0.6 is 0 Å². The first-order chi connectivity index (χ1) is 16.7. The largest absolute Gasteiger partial charge is 0.458 e. The summed E-state index contributed by atoms with van der Waals surface area (Å²) in [5.41, 5.74) is -0.579. The lowest BCUT2D eigenvalue weighted by Crippen LogP contribution is -2.58. The highest BCUT2D eigenvalue weighted by molar-refractivity contribution is 7.89. The van der Waals surface area contributed by atoms with Crippen molar-refractivity contribution < 1.29 is 32.1 Å². The number of nitro groups is 1. The Morgan fingerprint density at radius 1 is 1.19 bits per heavy atom. The van der Waals surface area contributed by atoms with Crippen molar-refractivity contribution in [1.29, 1.82) is 0 Å². The van der Waals surface area contributed by atoms with E-state index >= 15 is 0 Å². The number of sulfonamides is 1. The molecule has 1 heterocycles. The molecule has 1 aliphatic heterocycles. The molecule has 1 fully saturated rings. The molecule has 0 radical (unpaired) electrons. The van der Waals surface area contributed by atoms with E-state index in [1.807, 2.05) is 0 Å². The van der Waals surface area contributed by atoms with Crippen molar-refractivity contribution in [1.82, 2.24) is 9.21 Å². The van der Waals surface area contributed by atoms with E-state index in [2.05, 4.69) is 0 Å². The third-order valence-corrected chi connectivity index (χ3v) is 7.47. The van der Waals surface area contributed by atoms with E-state index in [4.69, 9.17) is 4.74 Å². The summed E-state index contributed by atoms with van der Waals surface area (Å²) in [7, 11) is -4.37. The van der Waals surface area contributed by atoms with Gasteiger partial charge < -0.3 is 9.64 Å². The molecular weight excluding hydrogens is 493 g/mol. The van der Waals surface area contributed by atoms with Crippen LogP contribution in [0.2, 0.25) is 0 Å². The molecule has 0 saturated carbocycles. The van der Waals surface area contributed by atoms with Crippen LogP contribution < -0.4 is 0 Å². The van der Waals surface area contributed by atoms with Gasteiger partial charge in [0.05, 0.1) is 11.5 Å². The van der Waals surface area contributed by atoms with E-state index in [1.54, 1.807) is 33.8 Å². The Balaban J connectivity index is 1.89. The van der Waals surface area contributed by atoms with E-state index < -0.39 is 61.4 Å². The van der Waals surface area contributed by atoms with Crippen molar-refractivity contribution in [3.63, 3.8) is 0 Å². The van der Waals surface area contributed by atoms with Crippen LogP contribution in [0.5, 0.6) is 0 Å². The Labute approximate surface area is 208 Å². The molecule has 1 atom stereocenters. The zero-order valence-corrected chi connectivity index (χ0v) is 21.2. The van der Waals surface area contributed by atoms with Gasteiger partial charge in [-0.3, -0.25) is 14.9 Å². The normalized spacial score (nSPS) is 16.0. The standard InChI is InChI=1S/C24H28FN3O7S/c1-16-9-10-17(18(25)13-16)14-20(23(30)35-24(2,3)4)27-12-11-26(15-22(27)29)36(33,34)21-8-6-5-7-19(21)28(31)32/h5-10,13,20H,11-12,14-15H2,1-4H3/t20-/m0/s1. The van der Waals surface area contributed by atoms with Crippen LogP contribution in [0.3, 0.4) is 0 Å². The van der Waals surface area contributed by atoms with Crippen LogP contribution in [0.4, 0.5) is 10.1 Å². The number of carbonyl (C=O) groups excluding carboxylic acids is 2. The minimum Gasteiger partial charge on any atom is -0.458 e. The zero-order chi connectivity index (χ0) is 26.8. The molecular formula is C24H28FN3O7S. The first-order valence-corrected chi connectivity index (χ1v) is 12.7. The first-order valence-electron chi connectivity index (χ1n) is 11.2. The molecule has 0 aromatic heterocycles. The molecule has 0 unspecified atom stereocenters. The molecule has 0 bridgehead atoms. The summed E-state index contributed by atoms with van der Waals surface area (Å²) in [4.78, 5) is 37.4. The summed E-state index contributed by atoms with van der Waals surface area (Å²) in [5, 5.41) is 11.3. The Morgan fingerprint density at radius 3 is 2.44 bits per heavy atom. The molecule has 10 nitrogen and oxygen atoms in total. The number of amides is 1. The molecule has 1 aliphatic rings. The highest BCUT2D eigenvalue weighted by Crippen LogP contribution is 2.28. The minimum atomic E-state index is -4.37. The van der Waals surface area contributed by atoms with Gasteiger partial charge in [-0.25, -0.2) is 17.6 Å². The maximum absolute atomic E-state index is 14.6. The molecule has 2 aromatic carbocycles. The average Bonchev–Trinajstić information content (AvgIpc) is 2.77. The van der Waals surface area contributed by atoms with Gasteiger partial charge in [-0.15, -0.1) is 0 Å². The summed E-state index contributed by atoms with van der Waals surface area (Å²) in [5.74, 6) is -1.98. The molecule has 1 amide bonds. The Kier molecular flexibility index (Phi) is 7.79. The Hall–Kier alpha value is -3.38. The fourth-order valence-electron chi connectivity index (χ4n) is 3.88. The highest BCUT2D eigenvalue weighted by atomic mass is 32.2. The minimum absolute atomic E-state index is 0.163. The second-order valence-corrected chi connectivity index (χ2v) is 11.4. The number of aryl methyl sites for hydroxylation is 1. The van der Waals surface area contributed by atoms with Crippen LogP contribution in [0, 0.1) is 22.9 Å². The number of hydrogen-bond acceptors (Lipinski definition) is 7. The van der Waals surface area contributed by atoms with Gasteiger partial charge in [0.15, 0.2) is 4.90 Å². The number of nitro benzene ring substituents is 1. The van der Waals surface area contributed by atoms with Crippen LogP contribution in [0.25, 0.3) is 0 Å². The predicted molar refractivity (Wildman–Crippen MR) is 128 cm³/mol. The number of para-hydroxylation sites is 1. The fraction of sp³-hybridized carbons (Fsp3) is 0.417. The van der Waals surface area contributed by atoms with Crippen molar-refractivity contribution in [3.8, 4) is 0 Å². The topological polar surface area (TPSA) is 127 Å². The van der Waals surface area contributed by atoms with Crippen LogP contribution in [-0.2, 0) is 30.8 Å². The molecule has 0 aliphatic carbocycles. The third-order valence-electron chi connectivity index (χ3n) is 5.58. The molecule has 2 aromatic rings. The number of benzene rings is 2. The quantitative estimate of drug-likeness (QED) is 0.311. The van der Waals surface area contributed by atoms with Gasteiger partial charge in [-0.1, -0.05) is 24.3 Å². The summed E-state index contributed by atoms with van der Waals surface area (Å²) >= 11 is 0. The lowest BCUT2D eigenvalue weighted by Gasteiger charge is -2.38. The number of carbonyl (C=O) groups is 2. The van der Waals surface area contributed by atoms with Gasteiger partial charge in [-0.2, -0.15) is 4.31 Å². The second kappa shape index (κ2) is 10.3. The van der Waals surface area contributed by atoms with Crippen molar-refractivity contribution in [3.05, 3.63) is 69.5 Å². The van der Waals surface area contributed by atoms with Gasteiger partial charge >= 0.3 is 5.97 Å². The first kappa shape index (κ1) is 27.2. The SMILES string of the molecule is Cc1ccc(C[C@@H](C(=O)OC(C)(C)C)N2CCN(S(=O)(=O)c3ccccc3[N+](=O)[O-])CC2=O)c(F)c1. The van der Waals surface area contributed by atoms with Crippen molar-refractivity contribution in [2.75, 3.05) is 19.6 Å². The van der Waals surface area contributed by atoms with Gasteiger partial charge in [0.1, 0.15) is 17.5 Å². The van der Waals surface area contributed by atoms with Crippen molar-refractivity contribution in [2.45, 2.75) is 50.7 Å². The van der Waals surface area contributed by atoms with Gasteiger partial charge in [0.25, 0.3) is 5.69 Å². The fourth-order valence-corrected chi connectivity index (χ4v) is 5.42. The monoisotopic (exact) mass is 521 g/mol. The maximum Gasteiger partial charge on any atom is 0.329 e. The van der Waals surface area contributed by atoms with E-state index in [0.29, 0.717) is 5.56 Å². The maximum atomic E-state index is 14.6. The summed E-state index contributed by atoms with van der Waals surface area (Å²) in [6, 6.07) is 8.21. The zero-order valence-electron chi connectivity index (χ0n) is 20.4. The van der Waals surface area contributed by atoms with Crippen LogP contribution in [0.1, 0.15) is 31.9 Å². The van der Waals surface area contributed by atoms with Crippen molar-refractivity contribution >= 4 is 27.6 Å². The van der Waals surface area contributed by atoms with E-state index in [9.17, 15) is 32.5 Å². The van der Waals surface area contributed by atoms with Gasteiger partial charge in [-0.05, 0) is 51.0 Å². The number of nitrogens with zero attached hydrogens (tertiary/aromatic N) is 3. The number of halogens is 1. The molecule has 1 saturated heterocycles. The summed E-state index contributed by atoms with van der Waals surface area (Å²) in [6.45, 7) is 5.67. The number of esters is 1.